The molecule has 1 unspecified atom stereocenters. The topological polar surface area (TPSA) is 29.9 Å². The molecule has 4 heteroatoms. The summed E-state index contributed by atoms with van der Waals surface area (Å²) >= 11 is 0. The van der Waals surface area contributed by atoms with Gasteiger partial charge in [0.25, 0.3) is 0 Å². The van der Waals surface area contributed by atoms with Gasteiger partial charge in [0, 0.05) is 30.6 Å². The normalized spacial score (nSPS) is 20.2. The van der Waals surface area contributed by atoms with E-state index in [1.165, 1.54) is 24.7 Å². The van der Waals surface area contributed by atoms with Gasteiger partial charge in [-0.15, -0.1) is 0 Å². The van der Waals surface area contributed by atoms with Gasteiger partial charge in [0.15, 0.2) is 0 Å². The van der Waals surface area contributed by atoms with Crippen LogP contribution in [-0.4, -0.2) is 22.1 Å². The summed E-state index contributed by atoms with van der Waals surface area (Å²) in [5, 5.41) is 4.37. The first-order valence-corrected chi connectivity index (χ1v) is 6.07. The molecule has 0 aliphatic carbocycles. The molecule has 1 aliphatic heterocycles. The summed E-state index contributed by atoms with van der Waals surface area (Å²) < 4.78 is 15.2. The molecule has 0 radical (unpaired) electrons. The highest BCUT2D eigenvalue weighted by atomic mass is 19.1. The van der Waals surface area contributed by atoms with Gasteiger partial charge in [-0.1, -0.05) is 0 Å². The van der Waals surface area contributed by atoms with Crippen molar-refractivity contribution in [3.05, 3.63) is 29.8 Å². The molecule has 0 spiro atoms. The highest BCUT2D eigenvalue weighted by Gasteiger charge is 2.17. The van der Waals surface area contributed by atoms with E-state index in [9.17, 15) is 4.39 Å². The maximum atomic E-state index is 13.1. The lowest BCUT2D eigenvalue weighted by molar-refractivity contribution is 0.584. The molecule has 0 saturated carbocycles. The van der Waals surface area contributed by atoms with E-state index in [4.69, 9.17) is 0 Å². The third-order valence-corrected chi connectivity index (χ3v) is 3.55. The molecule has 2 aromatic rings. The van der Waals surface area contributed by atoms with Gasteiger partial charge in [-0.2, -0.15) is 0 Å². The fraction of sp³-hybridized carbons (Fsp3) is 0.462. The molecule has 1 N–H and O–H groups in total. The molecule has 3 nitrogen and oxygen atoms in total. The van der Waals surface area contributed by atoms with E-state index in [0.29, 0.717) is 6.04 Å². The molecule has 0 bridgehead atoms. The molecule has 1 aliphatic rings. The van der Waals surface area contributed by atoms with E-state index >= 15 is 0 Å². The van der Waals surface area contributed by atoms with Gasteiger partial charge in [0.1, 0.15) is 11.5 Å². The van der Waals surface area contributed by atoms with Gasteiger partial charge < -0.3 is 9.88 Å². The van der Waals surface area contributed by atoms with Crippen LogP contribution in [0.5, 0.6) is 0 Å². The van der Waals surface area contributed by atoms with E-state index in [0.717, 1.165) is 24.0 Å². The van der Waals surface area contributed by atoms with Gasteiger partial charge in [-0.05, 0) is 31.5 Å². The van der Waals surface area contributed by atoms with Crippen LogP contribution < -0.4 is 5.32 Å². The van der Waals surface area contributed by atoms with Crippen LogP contribution in [0.1, 0.15) is 18.5 Å². The minimum Gasteiger partial charge on any atom is -0.333 e. The SMILES string of the molecule is Cn1c(CC2CCCN2)cc2cc(F)cnc21. The Morgan fingerprint density at radius 1 is 1.53 bits per heavy atom. The largest absolute Gasteiger partial charge is 0.333 e. The number of nitrogens with zero attached hydrogens (tertiary/aromatic N) is 2. The van der Waals surface area contributed by atoms with Crippen molar-refractivity contribution in [1.82, 2.24) is 14.9 Å². The number of hydrogen-bond acceptors (Lipinski definition) is 2. The summed E-state index contributed by atoms with van der Waals surface area (Å²) in [4.78, 5) is 4.14. The second-order valence-corrected chi connectivity index (χ2v) is 4.76. The first kappa shape index (κ1) is 10.7. The van der Waals surface area contributed by atoms with Gasteiger partial charge in [0.2, 0.25) is 0 Å². The van der Waals surface area contributed by atoms with E-state index < -0.39 is 0 Å². The lowest BCUT2D eigenvalue weighted by atomic mass is 10.1. The van der Waals surface area contributed by atoms with Gasteiger partial charge >= 0.3 is 0 Å². The van der Waals surface area contributed by atoms with Gasteiger partial charge in [0.05, 0.1) is 6.20 Å². The number of hydrogen-bond donors (Lipinski definition) is 1. The Bertz CT molecular complexity index is 541. The standard InChI is InChI=1S/C13H16FN3/c1-17-12(7-11-3-2-4-15-11)6-9-5-10(14)8-16-13(9)17/h5-6,8,11,15H,2-4,7H2,1H3. The first-order valence-electron chi connectivity index (χ1n) is 6.07. The fourth-order valence-corrected chi connectivity index (χ4v) is 2.63. The monoisotopic (exact) mass is 233 g/mol. The first-order chi connectivity index (χ1) is 8.24. The van der Waals surface area contributed by atoms with Crippen LogP contribution in [0, 0.1) is 5.82 Å². The number of halogens is 1. The van der Waals surface area contributed by atoms with E-state index in [1.54, 1.807) is 6.07 Å². The number of aryl methyl sites for hydroxylation is 1. The minimum atomic E-state index is -0.270. The zero-order valence-corrected chi connectivity index (χ0v) is 9.91. The Balaban J connectivity index is 1.96. The number of aromatic nitrogens is 2. The summed E-state index contributed by atoms with van der Waals surface area (Å²) in [5.41, 5.74) is 2.08. The zero-order valence-electron chi connectivity index (χ0n) is 9.91. The summed E-state index contributed by atoms with van der Waals surface area (Å²) in [7, 11) is 2.00. The van der Waals surface area contributed by atoms with E-state index in [-0.39, 0.29) is 5.82 Å². The van der Waals surface area contributed by atoms with Crippen LogP contribution in [0.25, 0.3) is 11.0 Å². The Morgan fingerprint density at radius 2 is 2.41 bits per heavy atom. The molecular weight excluding hydrogens is 217 g/mol. The Labute approximate surface area is 99.7 Å². The maximum Gasteiger partial charge on any atom is 0.142 e. The van der Waals surface area contributed by atoms with Crippen LogP contribution in [-0.2, 0) is 13.5 Å². The predicted molar refractivity (Wildman–Crippen MR) is 65.4 cm³/mol. The van der Waals surface area contributed by atoms with Gasteiger partial charge in [-0.25, -0.2) is 9.37 Å². The third kappa shape index (κ3) is 1.93. The number of rotatable bonds is 2. The molecule has 2 aromatic heterocycles. The van der Waals surface area contributed by atoms with Crippen molar-refractivity contribution in [3.63, 3.8) is 0 Å². The molecule has 3 rings (SSSR count). The second kappa shape index (κ2) is 4.11. The molecule has 1 atom stereocenters. The van der Waals surface area contributed by atoms with Crippen molar-refractivity contribution in [2.45, 2.75) is 25.3 Å². The van der Waals surface area contributed by atoms with Crippen LogP contribution in [0.2, 0.25) is 0 Å². The molecule has 1 fully saturated rings. The van der Waals surface area contributed by atoms with Crippen LogP contribution in [0.4, 0.5) is 4.39 Å². The van der Waals surface area contributed by atoms with Crippen molar-refractivity contribution in [1.29, 1.82) is 0 Å². The molecule has 0 aromatic carbocycles. The molecule has 0 amide bonds. The van der Waals surface area contributed by atoms with Gasteiger partial charge in [-0.3, -0.25) is 0 Å². The quantitative estimate of drug-likeness (QED) is 0.860. The smallest absolute Gasteiger partial charge is 0.142 e. The van der Waals surface area contributed by atoms with E-state index in [1.807, 2.05) is 13.1 Å². The molecule has 3 heterocycles. The summed E-state index contributed by atoms with van der Waals surface area (Å²) in [6.07, 6.45) is 4.75. The molecule has 17 heavy (non-hydrogen) atoms. The molecular formula is C13H16FN3. The highest BCUT2D eigenvalue weighted by Crippen LogP contribution is 2.20. The minimum absolute atomic E-state index is 0.270. The predicted octanol–water partition coefficient (Wildman–Crippen LogP) is 2.01. The third-order valence-electron chi connectivity index (χ3n) is 3.55. The summed E-state index contributed by atoms with van der Waals surface area (Å²) in [6, 6.07) is 4.15. The average Bonchev–Trinajstić information content (AvgIpc) is 2.89. The van der Waals surface area contributed by atoms with Crippen LogP contribution in [0.15, 0.2) is 18.3 Å². The van der Waals surface area contributed by atoms with Crippen molar-refractivity contribution in [3.8, 4) is 0 Å². The van der Waals surface area contributed by atoms with Crippen molar-refractivity contribution >= 4 is 11.0 Å². The lowest BCUT2D eigenvalue weighted by Gasteiger charge is -2.10. The Morgan fingerprint density at radius 3 is 3.18 bits per heavy atom. The number of pyridine rings is 1. The Hall–Kier alpha value is -1.42. The van der Waals surface area contributed by atoms with Crippen LogP contribution in [0.3, 0.4) is 0 Å². The molecule has 90 valence electrons. The maximum absolute atomic E-state index is 13.1. The van der Waals surface area contributed by atoms with Crippen molar-refractivity contribution < 1.29 is 4.39 Å². The zero-order chi connectivity index (χ0) is 11.8. The summed E-state index contributed by atoms with van der Waals surface area (Å²) in [5.74, 6) is -0.270. The average molecular weight is 233 g/mol. The van der Waals surface area contributed by atoms with Crippen molar-refractivity contribution in [2.24, 2.45) is 7.05 Å². The highest BCUT2D eigenvalue weighted by molar-refractivity contribution is 5.77. The van der Waals surface area contributed by atoms with E-state index in [2.05, 4.69) is 14.9 Å². The van der Waals surface area contributed by atoms with Crippen molar-refractivity contribution in [2.75, 3.05) is 6.54 Å². The number of nitrogens with one attached hydrogen (secondary N) is 1. The summed E-state index contributed by atoms with van der Waals surface area (Å²) in [6.45, 7) is 1.11. The lowest BCUT2D eigenvalue weighted by Crippen LogP contribution is -2.24. The second-order valence-electron chi connectivity index (χ2n) is 4.76. The molecule has 1 saturated heterocycles. The Kier molecular flexibility index (Phi) is 2.59. The fourth-order valence-electron chi connectivity index (χ4n) is 2.63. The van der Waals surface area contributed by atoms with Crippen LogP contribution >= 0.6 is 0 Å². The number of fused-ring (bicyclic) bond motifs is 1.